The molecule has 2 saturated carbocycles. The maximum Gasteiger partial charge on any atom is 0.338 e. The molecule has 9 atom stereocenters. The number of amides is 1. The summed E-state index contributed by atoms with van der Waals surface area (Å²) in [5.74, 6) is -6.81. The van der Waals surface area contributed by atoms with Crippen molar-refractivity contribution in [2.45, 2.75) is 103 Å². The lowest BCUT2D eigenvalue weighted by molar-refractivity contribution is -0.346. The summed E-state index contributed by atoms with van der Waals surface area (Å²) in [5.41, 5.74) is -5.76. The van der Waals surface area contributed by atoms with Gasteiger partial charge in [0.25, 0.3) is 5.91 Å². The van der Waals surface area contributed by atoms with Gasteiger partial charge in [-0.05, 0) is 73.0 Å². The second-order valence-electron chi connectivity index (χ2n) is 17.5. The minimum Gasteiger partial charge on any atom is -0.461 e. The summed E-state index contributed by atoms with van der Waals surface area (Å²) in [5, 5.41) is 16.5. The van der Waals surface area contributed by atoms with Crippen molar-refractivity contribution in [2.24, 2.45) is 16.7 Å². The Bertz CT molecular complexity index is 2430. The van der Waals surface area contributed by atoms with E-state index in [4.69, 9.17) is 28.4 Å². The van der Waals surface area contributed by atoms with E-state index in [-0.39, 0.29) is 36.5 Å². The molecule has 0 aromatic heterocycles. The third kappa shape index (κ3) is 8.02. The molecule has 15 nitrogen and oxygen atoms in total. The Morgan fingerprint density at radius 2 is 1.39 bits per heavy atom. The molecule has 0 unspecified atom stereocenters. The Labute approximate surface area is 370 Å². The summed E-state index contributed by atoms with van der Waals surface area (Å²) in [7, 11) is 0. The number of nitrogens with one attached hydrogen (secondary N) is 1. The van der Waals surface area contributed by atoms with E-state index >= 15 is 4.79 Å². The van der Waals surface area contributed by atoms with E-state index in [9.17, 15) is 33.9 Å². The monoisotopic (exact) mass is 877 g/mol. The van der Waals surface area contributed by atoms with Crippen LogP contribution in [0.25, 0.3) is 6.08 Å². The number of anilines is 1. The molecular formula is C49H51NO14. The molecule has 4 aliphatic rings. The van der Waals surface area contributed by atoms with Crippen LogP contribution in [-0.4, -0.2) is 95.0 Å². The van der Waals surface area contributed by atoms with Crippen LogP contribution in [0.3, 0.4) is 0 Å². The lowest BCUT2D eigenvalue weighted by atomic mass is 9.44. The Morgan fingerprint density at radius 3 is 1.95 bits per heavy atom. The van der Waals surface area contributed by atoms with E-state index in [1.165, 1.54) is 39.0 Å². The first-order chi connectivity index (χ1) is 30.2. The van der Waals surface area contributed by atoms with Crippen molar-refractivity contribution in [1.82, 2.24) is 0 Å². The molecule has 1 saturated heterocycles. The third-order valence-corrected chi connectivity index (χ3v) is 13.3. The van der Waals surface area contributed by atoms with Gasteiger partial charge in [-0.2, -0.15) is 0 Å². The number of fused-ring (bicyclic) bond motifs is 5. The van der Waals surface area contributed by atoms with Crippen LogP contribution in [0.5, 0.6) is 0 Å². The van der Waals surface area contributed by atoms with Gasteiger partial charge < -0.3 is 38.8 Å². The van der Waals surface area contributed by atoms with Gasteiger partial charge in [0.2, 0.25) is 0 Å². The van der Waals surface area contributed by atoms with Crippen LogP contribution in [0.2, 0.25) is 0 Å². The number of Topliss-reactive ketones (excluding diaryl/α,β-unsaturated/α-hetero) is 1. The van der Waals surface area contributed by atoms with Crippen LogP contribution < -0.4 is 5.32 Å². The number of carbonyl (C=O) groups is 7. The number of carbonyl (C=O) groups excluding carboxylic acids is 7. The van der Waals surface area contributed by atoms with Gasteiger partial charge in [-0.15, -0.1) is 0 Å². The fourth-order valence-corrected chi connectivity index (χ4v) is 10.2. The van der Waals surface area contributed by atoms with Gasteiger partial charge in [0.1, 0.15) is 30.0 Å². The highest BCUT2D eigenvalue weighted by Crippen LogP contribution is 2.65. The summed E-state index contributed by atoms with van der Waals surface area (Å²) in [4.78, 5) is 95.8. The number of ether oxygens (including phenoxy) is 6. The van der Waals surface area contributed by atoms with Gasteiger partial charge in [0.05, 0.1) is 23.5 Å². The number of ketones is 1. The topological polar surface area (TPSA) is 207 Å². The smallest absolute Gasteiger partial charge is 0.338 e. The molecule has 336 valence electrons. The zero-order valence-electron chi connectivity index (χ0n) is 36.6. The van der Waals surface area contributed by atoms with Crippen molar-refractivity contribution in [3.63, 3.8) is 0 Å². The van der Waals surface area contributed by atoms with Crippen molar-refractivity contribution in [3.05, 3.63) is 119 Å². The Kier molecular flexibility index (Phi) is 12.3. The van der Waals surface area contributed by atoms with Crippen molar-refractivity contribution in [3.8, 4) is 0 Å². The molecule has 3 fully saturated rings. The van der Waals surface area contributed by atoms with Gasteiger partial charge in [-0.1, -0.05) is 62.4 Å². The summed E-state index contributed by atoms with van der Waals surface area (Å²) in [6.07, 6.45) is -5.19. The predicted molar refractivity (Wildman–Crippen MR) is 228 cm³/mol. The van der Waals surface area contributed by atoms with Gasteiger partial charge in [-0.25, -0.2) is 9.59 Å². The quantitative estimate of drug-likeness (QED) is 0.108. The number of benzene rings is 3. The molecule has 1 amide bonds. The second kappa shape index (κ2) is 17.3. The molecule has 2 bridgehead atoms. The van der Waals surface area contributed by atoms with Gasteiger partial charge in [0.15, 0.2) is 17.5 Å². The first kappa shape index (κ1) is 45.6. The summed E-state index contributed by atoms with van der Waals surface area (Å²) >= 11 is 0. The number of hydrogen-bond acceptors (Lipinski definition) is 14. The Morgan fingerprint density at radius 1 is 0.781 bits per heavy atom. The van der Waals surface area contributed by atoms with Crippen molar-refractivity contribution < 1.29 is 67.1 Å². The molecule has 3 aromatic rings. The summed E-state index contributed by atoms with van der Waals surface area (Å²) < 4.78 is 36.5. The van der Waals surface area contributed by atoms with Crippen molar-refractivity contribution in [2.75, 3.05) is 11.9 Å². The van der Waals surface area contributed by atoms with E-state index in [0.717, 1.165) is 13.0 Å². The van der Waals surface area contributed by atoms with E-state index < -0.39 is 94.1 Å². The number of esters is 5. The van der Waals surface area contributed by atoms with Crippen LogP contribution in [0, 0.1) is 16.7 Å². The molecule has 3 aliphatic carbocycles. The van der Waals surface area contributed by atoms with Crippen LogP contribution in [0.4, 0.5) is 5.69 Å². The molecule has 1 heterocycles. The molecule has 0 radical (unpaired) electrons. The molecule has 7 rings (SSSR count). The van der Waals surface area contributed by atoms with Crippen LogP contribution >= 0.6 is 0 Å². The van der Waals surface area contributed by atoms with E-state index in [2.05, 4.69) is 5.32 Å². The number of hydrogen-bond donors (Lipinski definition) is 2. The molecule has 0 spiro atoms. The number of rotatable bonds is 10. The largest absolute Gasteiger partial charge is 0.461 e. The maximum absolute atomic E-state index is 16.0. The van der Waals surface area contributed by atoms with Gasteiger partial charge in [0, 0.05) is 56.4 Å². The summed E-state index contributed by atoms with van der Waals surface area (Å²) in [6.45, 7) is 9.46. The summed E-state index contributed by atoms with van der Waals surface area (Å²) in [6, 6.07) is 23.2. The highest BCUT2D eigenvalue weighted by atomic mass is 16.6. The van der Waals surface area contributed by atoms with Crippen LogP contribution in [0.1, 0.15) is 87.6 Å². The van der Waals surface area contributed by atoms with Crippen molar-refractivity contribution in [1.29, 1.82) is 0 Å². The zero-order chi connectivity index (χ0) is 46.4. The van der Waals surface area contributed by atoms with Gasteiger partial charge >= 0.3 is 29.8 Å². The van der Waals surface area contributed by atoms with Crippen molar-refractivity contribution >= 4 is 53.3 Å². The lowest BCUT2D eigenvalue weighted by Gasteiger charge is -2.67. The zero-order valence-corrected chi connectivity index (χ0v) is 36.6. The molecule has 64 heavy (non-hydrogen) atoms. The first-order valence-corrected chi connectivity index (χ1v) is 21.0. The minimum atomic E-state index is -2.29. The van der Waals surface area contributed by atoms with Crippen LogP contribution in [0.15, 0.2) is 102 Å². The Hall–Kier alpha value is -6.45. The maximum atomic E-state index is 16.0. The minimum absolute atomic E-state index is 0.0632. The molecule has 15 heteroatoms. The molecule has 2 N–H and O–H groups in total. The predicted octanol–water partition coefficient (Wildman–Crippen LogP) is 5.74. The molecule has 3 aromatic carbocycles. The van der Waals surface area contributed by atoms with E-state index in [0.29, 0.717) is 22.4 Å². The normalized spacial score (nSPS) is 30.2. The van der Waals surface area contributed by atoms with E-state index in [1.54, 1.807) is 93.6 Å². The fraction of sp³-hybridized carbons (Fsp3) is 0.408. The lowest BCUT2D eigenvalue weighted by Crippen LogP contribution is -2.82. The second-order valence-corrected chi connectivity index (χ2v) is 17.5. The van der Waals surface area contributed by atoms with Crippen LogP contribution in [-0.2, 0) is 52.4 Å². The first-order valence-electron chi connectivity index (χ1n) is 21.0. The highest BCUT2D eigenvalue weighted by Gasteiger charge is 2.79. The van der Waals surface area contributed by atoms with Gasteiger partial charge in [-0.3, -0.25) is 24.0 Å². The third-order valence-electron chi connectivity index (χ3n) is 13.3. The molecular weight excluding hydrogens is 827 g/mol. The van der Waals surface area contributed by atoms with E-state index in [1.807, 2.05) is 0 Å². The average molecular weight is 878 g/mol. The average Bonchev–Trinajstić information content (AvgIpc) is 3.24. The Balaban J connectivity index is 1.36. The number of aliphatic hydroxyl groups is 1. The standard InChI is InChI=1S/C49H51NO14/c1-27-35(60-28(2)51)25-49(58)43(63-45(57)33-16-12-9-13-17-33)41-47(7,36(61-29(3)52)24-37-48(41,26-59-37)64-30(4)53)42(55)40(39(27)46(49,5)6)62-38(54)23-20-31-18-21-34(22-19-31)50-44(56)32-14-10-8-11-15-32/h8-23,35-37,40-41,43,58H,24-26H2,1-7H3,(H,50,56)/b23-20+/t35-,36-,37+,40+,41-,43-,47+,48-,49+/m0/s1. The fourth-order valence-electron chi connectivity index (χ4n) is 10.2. The SMILES string of the molecule is CC(=O)O[C@H]1C[C@@]2(O)[C@@H](OC(=O)c3ccccc3)[C@@H]3[C@]4(OC(C)=O)CO[C@@H]4C[C@H](OC(C)=O)[C@@]3(C)C(=O)[C@H](OC(=O)/C=C/c3ccc(NC(=O)c4ccccc4)cc3)C(=C1C)C2(C)C. The highest BCUT2D eigenvalue weighted by molar-refractivity contribution is 6.04. The molecule has 1 aliphatic heterocycles.